The number of primary amides is 1. The molecule has 0 saturated heterocycles. The van der Waals surface area contributed by atoms with Crippen molar-refractivity contribution >= 4 is 28.8 Å². The van der Waals surface area contributed by atoms with E-state index in [1.54, 1.807) is 12.1 Å². The van der Waals surface area contributed by atoms with Crippen LogP contribution in [0.1, 0.15) is 0 Å². The summed E-state index contributed by atoms with van der Waals surface area (Å²) in [5.41, 5.74) is 5.58. The SMILES string of the molecule is NC(=O)Oc1[nH]c2cnccc2c1Sc1ccccc1OC(F)(F)F. The lowest BCUT2D eigenvalue weighted by Crippen LogP contribution is -2.17. The minimum atomic E-state index is -4.83. The summed E-state index contributed by atoms with van der Waals surface area (Å²) in [6.07, 6.45) is -2.88. The van der Waals surface area contributed by atoms with E-state index in [0.29, 0.717) is 15.8 Å². The number of benzene rings is 1. The molecule has 1 amide bonds. The predicted octanol–water partition coefficient (Wildman–Crippen LogP) is 4.07. The van der Waals surface area contributed by atoms with Gasteiger partial charge in [-0.25, -0.2) is 4.79 Å². The summed E-state index contributed by atoms with van der Waals surface area (Å²) in [6.45, 7) is 0. The molecule has 0 aliphatic heterocycles. The van der Waals surface area contributed by atoms with E-state index in [9.17, 15) is 18.0 Å². The number of para-hydroxylation sites is 1. The van der Waals surface area contributed by atoms with Gasteiger partial charge in [0.15, 0.2) is 0 Å². The number of hydrogen-bond donors (Lipinski definition) is 2. The second-order valence-electron chi connectivity index (χ2n) is 4.72. The van der Waals surface area contributed by atoms with Crippen molar-refractivity contribution in [1.82, 2.24) is 9.97 Å². The molecule has 0 fully saturated rings. The van der Waals surface area contributed by atoms with Crippen LogP contribution in [0.15, 0.2) is 52.5 Å². The molecule has 0 atom stereocenters. The molecule has 3 rings (SSSR count). The van der Waals surface area contributed by atoms with Crippen LogP contribution in [0, 0.1) is 0 Å². The van der Waals surface area contributed by atoms with E-state index < -0.39 is 12.5 Å². The molecule has 3 N–H and O–H groups in total. The summed E-state index contributed by atoms with van der Waals surface area (Å²) in [4.78, 5) is 18.4. The van der Waals surface area contributed by atoms with Crippen LogP contribution in [0.3, 0.4) is 0 Å². The van der Waals surface area contributed by atoms with Gasteiger partial charge in [-0.05, 0) is 18.2 Å². The molecule has 130 valence electrons. The molecule has 0 saturated carbocycles. The van der Waals surface area contributed by atoms with Crippen molar-refractivity contribution in [1.29, 1.82) is 0 Å². The fourth-order valence-corrected chi connectivity index (χ4v) is 3.17. The van der Waals surface area contributed by atoms with Crippen LogP contribution in [0.4, 0.5) is 18.0 Å². The van der Waals surface area contributed by atoms with Crippen molar-refractivity contribution in [3.05, 3.63) is 42.7 Å². The molecule has 6 nitrogen and oxygen atoms in total. The van der Waals surface area contributed by atoms with Gasteiger partial charge >= 0.3 is 12.5 Å². The number of amides is 1. The van der Waals surface area contributed by atoms with Crippen molar-refractivity contribution in [3.8, 4) is 11.6 Å². The molecule has 1 aromatic carbocycles. The Morgan fingerprint density at radius 3 is 2.72 bits per heavy atom. The normalized spacial score (nSPS) is 11.5. The Morgan fingerprint density at radius 2 is 2.00 bits per heavy atom. The predicted molar refractivity (Wildman–Crippen MR) is 83.6 cm³/mol. The van der Waals surface area contributed by atoms with Gasteiger partial charge in [-0.15, -0.1) is 13.2 Å². The molecule has 2 aromatic heterocycles. The summed E-state index contributed by atoms with van der Waals surface area (Å²) >= 11 is 0.943. The Bertz CT molecular complexity index is 927. The maximum absolute atomic E-state index is 12.6. The van der Waals surface area contributed by atoms with Gasteiger partial charge in [0, 0.05) is 11.6 Å². The van der Waals surface area contributed by atoms with Crippen LogP contribution in [-0.2, 0) is 0 Å². The number of aromatic amines is 1. The van der Waals surface area contributed by atoms with E-state index in [-0.39, 0.29) is 16.5 Å². The van der Waals surface area contributed by atoms with Gasteiger partial charge in [-0.1, -0.05) is 23.9 Å². The van der Waals surface area contributed by atoms with Crippen molar-refractivity contribution in [3.63, 3.8) is 0 Å². The smallest absolute Gasteiger partial charge is 0.405 e. The number of nitrogens with two attached hydrogens (primary N) is 1. The Morgan fingerprint density at radius 1 is 1.24 bits per heavy atom. The van der Waals surface area contributed by atoms with Crippen LogP contribution in [0.2, 0.25) is 0 Å². The molecule has 10 heteroatoms. The Hall–Kier alpha value is -2.88. The third kappa shape index (κ3) is 3.97. The number of aromatic nitrogens is 2. The number of carbonyl (C=O) groups excluding carboxylic acids is 1. The lowest BCUT2D eigenvalue weighted by Gasteiger charge is -2.12. The summed E-state index contributed by atoms with van der Waals surface area (Å²) < 4.78 is 46.7. The second-order valence-corrected chi connectivity index (χ2v) is 5.77. The first-order chi connectivity index (χ1) is 11.8. The molecule has 0 unspecified atom stereocenters. The Balaban J connectivity index is 2.05. The number of nitrogens with one attached hydrogen (secondary N) is 1. The highest BCUT2D eigenvalue weighted by atomic mass is 32.2. The number of pyridine rings is 1. The number of hydrogen-bond acceptors (Lipinski definition) is 5. The number of nitrogens with zero attached hydrogens (tertiary/aromatic N) is 1. The zero-order valence-electron chi connectivity index (χ0n) is 12.3. The van der Waals surface area contributed by atoms with Gasteiger partial charge in [-0.3, -0.25) is 4.98 Å². The first kappa shape index (κ1) is 17.0. The second kappa shape index (κ2) is 6.55. The van der Waals surface area contributed by atoms with Gasteiger partial charge < -0.3 is 20.2 Å². The maximum Gasteiger partial charge on any atom is 0.573 e. The molecule has 0 bridgehead atoms. The van der Waals surface area contributed by atoms with E-state index >= 15 is 0 Å². The molecule has 3 aromatic rings. The zero-order chi connectivity index (χ0) is 18.0. The average molecular weight is 369 g/mol. The molecule has 2 heterocycles. The molecule has 0 spiro atoms. The number of carbonyl (C=O) groups is 1. The van der Waals surface area contributed by atoms with Crippen LogP contribution < -0.4 is 15.2 Å². The van der Waals surface area contributed by atoms with E-state index in [1.165, 1.54) is 30.6 Å². The van der Waals surface area contributed by atoms with Gasteiger partial charge in [0.1, 0.15) is 5.75 Å². The quantitative estimate of drug-likeness (QED) is 0.723. The highest BCUT2D eigenvalue weighted by Crippen LogP contribution is 2.44. The van der Waals surface area contributed by atoms with Crippen molar-refractivity contribution in [2.45, 2.75) is 16.2 Å². The lowest BCUT2D eigenvalue weighted by molar-refractivity contribution is -0.275. The maximum atomic E-state index is 12.6. The number of halogens is 3. The standard InChI is InChI=1S/C15H10F3N3O3S/c16-15(17,18)24-10-3-1-2-4-11(10)25-12-8-5-6-20-7-9(8)21-13(12)23-14(19)22/h1-7,21H,(H2,19,22). The van der Waals surface area contributed by atoms with Gasteiger partial charge in [0.2, 0.25) is 5.88 Å². The minimum absolute atomic E-state index is 0.0160. The van der Waals surface area contributed by atoms with Gasteiger partial charge in [-0.2, -0.15) is 0 Å². The van der Waals surface area contributed by atoms with E-state index in [1.807, 2.05) is 0 Å². The molecule has 0 aliphatic carbocycles. The van der Waals surface area contributed by atoms with Crippen molar-refractivity contribution < 1.29 is 27.4 Å². The van der Waals surface area contributed by atoms with E-state index in [2.05, 4.69) is 14.7 Å². The molecule has 0 radical (unpaired) electrons. The van der Waals surface area contributed by atoms with Gasteiger partial charge in [0.05, 0.1) is 21.5 Å². The minimum Gasteiger partial charge on any atom is -0.405 e. The van der Waals surface area contributed by atoms with Crippen LogP contribution in [0.25, 0.3) is 10.9 Å². The van der Waals surface area contributed by atoms with Crippen LogP contribution >= 0.6 is 11.8 Å². The van der Waals surface area contributed by atoms with E-state index in [4.69, 9.17) is 10.5 Å². The van der Waals surface area contributed by atoms with Crippen LogP contribution in [0.5, 0.6) is 11.6 Å². The fourth-order valence-electron chi connectivity index (χ4n) is 2.12. The number of H-pyrrole nitrogens is 1. The summed E-state index contributed by atoms with van der Waals surface area (Å²) in [5, 5.41) is 0.609. The molecular weight excluding hydrogens is 359 g/mol. The third-order valence-corrected chi connectivity index (χ3v) is 4.18. The fraction of sp³-hybridized carbons (Fsp3) is 0.0667. The number of rotatable bonds is 4. The largest absolute Gasteiger partial charge is 0.573 e. The zero-order valence-corrected chi connectivity index (χ0v) is 13.1. The molecular formula is C15H10F3N3O3S. The Kier molecular flexibility index (Phi) is 4.45. The summed E-state index contributed by atoms with van der Waals surface area (Å²) in [7, 11) is 0. The average Bonchev–Trinajstić information content (AvgIpc) is 2.85. The van der Waals surface area contributed by atoms with Crippen molar-refractivity contribution in [2.75, 3.05) is 0 Å². The highest BCUT2D eigenvalue weighted by Gasteiger charge is 2.32. The number of alkyl halides is 3. The first-order valence-electron chi connectivity index (χ1n) is 6.79. The summed E-state index contributed by atoms with van der Waals surface area (Å²) in [5.74, 6) is -0.351. The monoisotopic (exact) mass is 369 g/mol. The van der Waals surface area contributed by atoms with Crippen molar-refractivity contribution in [2.24, 2.45) is 5.73 Å². The topological polar surface area (TPSA) is 90.2 Å². The lowest BCUT2D eigenvalue weighted by atomic mass is 10.3. The number of fused-ring (bicyclic) bond motifs is 1. The van der Waals surface area contributed by atoms with Gasteiger partial charge in [0.25, 0.3) is 0 Å². The van der Waals surface area contributed by atoms with Crippen LogP contribution in [-0.4, -0.2) is 22.4 Å². The summed E-state index contributed by atoms with van der Waals surface area (Å²) in [6, 6.07) is 7.28. The number of ether oxygens (including phenoxy) is 2. The van der Waals surface area contributed by atoms with E-state index in [0.717, 1.165) is 11.8 Å². The molecule has 0 aliphatic rings. The molecule has 25 heavy (non-hydrogen) atoms. The third-order valence-electron chi connectivity index (χ3n) is 3.01. The highest BCUT2D eigenvalue weighted by molar-refractivity contribution is 7.99. The first-order valence-corrected chi connectivity index (χ1v) is 7.61. The Labute approximate surface area is 143 Å².